The van der Waals surface area contributed by atoms with Gasteiger partial charge in [-0.25, -0.2) is 9.46 Å². The second kappa shape index (κ2) is 22.3. The van der Waals surface area contributed by atoms with Gasteiger partial charge in [-0.15, -0.1) is 11.8 Å². The Hall–Kier alpha value is -3.36. The highest BCUT2D eigenvalue weighted by molar-refractivity contribution is 7.44. The highest BCUT2D eigenvalue weighted by Crippen LogP contribution is 2.52. The Balaban J connectivity index is 1.20. The number of nitrogens with one attached hydrogen (secondary N) is 2. The second-order valence-corrected chi connectivity index (χ2v) is 16.1. The van der Waals surface area contributed by atoms with Crippen LogP contribution in [0, 0.1) is 40.9 Å². The Kier molecular flexibility index (Phi) is 17.2. The molecule has 298 valence electrons. The molecule has 3 aliphatic rings. The molecule has 1 aliphatic heterocycles. The predicted octanol–water partition coefficient (Wildman–Crippen LogP) is 4.93. The van der Waals surface area contributed by atoms with Gasteiger partial charge in [-0.2, -0.15) is 5.26 Å². The number of hydrogen-bond donors (Lipinski definition) is 3. The minimum atomic E-state index is -1.64. The Bertz CT molecular complexity index is 1620. The third kappa shape index (κ3) is 13.1. The summed E-state index contributed by atoms with van der Waals surface area (Å²) in [5.41, 5.74) is -1.27. The number of unbranched alkanes of at least 4 members (excludes halogenated alkanes) is 4. The van der Waals surface area contributed by atoms with Gasteiger partial charge in [0, 0.05) is 56.6 Å². The molecule has 3 unspecified atom stereocenters. The minimum absolute atomic E-state index is 0.0619. The Labute approximate surface area is 321 Å². The van der Waals surface area contributed by atoms with E-state index >= 15 is 0 Å². The molecule has 0 radical (unpaired) electrons. The van der Waals surface area contributed by atoms with E-state index in [2.05, 4.69) is 38.0 Å². The van der Waals surface area contributed by atoms with Crippen molar-refractivity contribution >= 4 is 26.5 Å². The lowest BCUT2D eigenvalue weighted by Crippen LogP contribution is -2.36. The van der Waals surface area contributed by atoms with Gasteiger partial charge >= 0.3 is 11.7 Å². The van der Waals surface area contributed by atoms with Gasteiger partial charge in [0.05, 0.1) is 44.0 Å². The van der Waals surface area contributed by atoms with E-state index in [-0.39, 0.29) is 55.6 Å². The van der Waals surface area contributed by atoms with Gasteiger partial charge in [0.25, 0.3) is 14.1 Å². The quantitative estimate of drug-likeness (QED) is 0.0451. The lowest BCUT2D eigenvalue weighted by atomic mass is 10.1. The highest BCUT2D eigenvalue weighted by Gasteiger charge is 2.49. The van der Waals surface area contributed by atoms with E-state index in [1.54, 1.807) is 0 Å². The predicted molar refractivity (Wildman–Crippen MR) is 204 cm³/mol. The van der Waals surface area contributed by atoms with E-state index in [0.717, 1.165) is 57.8 Å². The fourth-order valence-corrected chi connectivity index (χ4v) is 9.04. The Morgan fingerprint density at radius 3 is 2.56 bits per heavy atom. The van der Waals surface area contributed by atoms with E-state index < -0.39 is 38.2 Å². The van der Waals surface area contributed by atoms with E-state index in [0.29, 0.717) is 37.3 Å². The standard InChI is InChI=1S/C39H58N5O9P/c1-27(2)44(28(3)4)54(51-22-14-20-40)53-33-23-36(52-34(33)25-45)43-24-29(38(48)42-39(43)49)18-19-35(46)41-21-13-9-5-6-12-17-37(47)50-26-32-30-15-10-7-8-11-16-31(30)32/h18-19,24,27-28,30-34,36,45H,5-6,9-17,21-23,25-26H2,1-4H3,(H,41,46)(H,42,48,49)/b19-18+/t30-,31+,32?,33?,34-,36-,54?/m1/s1/i45D. The first-order valence-corrected chi connectivity index (χ1v) is 20.6. The van der Waals surface area contributed by atoms with E-state index in [4.69, 9.17) is 25.2 Å². The number of aromatic nitrogens is 2. The van der Waals surface area contributed by atoms with Gasteiger partial charge in [0.1, 0.15) is 12.3 Å². The van der Waals surface area contributed by atoms with E-state index in [9.17, 15) is 19.2 Å². The van der Waals surface area contributed by atoms with Crippen molar-refractivity contribution in [3.63, 3.8) is 0 Å². The zero-order valence-corrected chi connectivity index (χ0v) is 33.0. The summed E-state index contributed by atoms with van der Waals surface area (Å²) in [7, 11) is -1.64. The molecule has 2 fully saturated rings. The van der Waals surface area contributed by atoms with Gasteiger partial charge in [-0.1, -0.05) is 19.3 Å². The Morgan fingerprint density at radius 2 is 1.87 bits per heavy atom. The van der Waals surface area contributed by atoms with E-state index in [1.165, 1.54) is 22.9 Å². The number of nitriles is 1. The normalized spacial score (nSPS) is 24.3. The van der Waals surface area contributed by atoms with Crippen LogP contribution in [-0.4, -0.2) is 83.3 Å². The molecule has 54 heavy (non-hydrogen) atoms. The molecule has 2 heterocycles. The maximum Gasteiger partial charge on any atom is 0.330 e. The molecular formula is C39H58N5O9P. The van der Waals surface area contributed by atoms with Crippen molar-refractivity contribution in [1.82, 2.24) is 19.5 Å². The molecule has 2 aliphatic carbocycles. The smallest absolute Gasteiger partial charge is 0.330 e. The SMILES string of the molecule is [2H]OC[C@H]1O[C@@H](n2cc(/C=C/C(=O)NCCCCCCCC(=O)OCC3[C@H]4CCC#CCC[C@@H]34)c(=O)[nH]c2=O)CC1OP(OCCC#N)N(C(C)C)C(C)C. The molecule has 1 aromatic heterocycles. The molecule has 0 bridgehead atoms. The largest absolute Gasteiger partial charge is 0.465 e. The minimum Gasteiger partial charge on any atom is -0.465 e. The van der Waals surface area contributed by atoms with Crippen LogP contribution >= 0.6 is 8.53 Å². The van der Waals surface area contributed by atoms with Crippen molar-refractivity contribution in [3.05, 3.63) is 38.7 Å². The first-order valence-electron chi connectivity index (χ1n) is 19.9. The zero-order chi connectivity index (χ0) is 39.7. The number of fused-ring (bicyclic) bond motifs is 1. The number of esters is 1. The summed E-state index contributed by atoms with van der Waals surface area (Å²) in [5.74, 6) is 7.76. The van der Waals surface area contributed by atoms with Crippen LogP contribution in [-0.2, 0) is 28.1 Å². The molecule has 3 N–H and O–H groups in total. The summed E-state index contributed by atoms with van der Waals surface area (Å²) < 4.78 is 34.8. The van der Waals surface area contributed by atoms with Crippen molar-refractivity contribution in [1.29, 1.82) is 6.69 Å². The third-order valence-electron chi connectivity index (χ3n) is 10.1. The highest BCUT2D eigenvalue weighted by atomic mass is 31.2. The maximum atomic E-state index is 12.9. The van der Waals surface area contributed by atoms with Crippen LogP contribution < -0.4 is 16.6 Å². The first kappa shape index (κ1) is 41.8. The molecule has 4 rings (SSSR count). The molecule has 1 saturated carbocycles. The fraction of sp³-hybridized carbons (Fsp3) is 0.718. The number of aliphatic hydroxyl groups is 1. The molecule has 1 amide bonds. The van der Waals surface area contributed by atoms with Crippen LogP contribution in [0.5, 0.6) is 0 Å². The number of nitrogens with zero attached hydrogens (tertiary/aromatic N) is 3. The van der Waals surface area contributed by atoms with Crippen LogP contribution in [0.15, 0.2) is 21.9 Å². The van der Waals surface area contributed by atoms with Crippen LogP contribution in [0.3, 0.4) is 0 Å². The van der Waals surface area contributed by atoms with Gasteiger partial charge in [-0.3, -0.25) is 23.9 Å². The zero-order valence-electron chi connectivity index (χ0n) is 33.1. The molecule has 1 aromatic rings. The van der Waals surface area contributed by atoms with Crippen molar-refractivity contribution in [3.8, 4) is 17.9 Å². The average molecular weight is 773 g/mol. The number of aromatic amines is 1. The summed E-state index contributed by atoms with van der Waals surface area (Å²) in [6.45, 7) is 9.10. The van der Waals surface area contributed by atoms with Crippen LogP contribution in [0.1, 0.15) is 117 Å². The van der Waals surface area contributed by atoms with Gasteiger partial charge in [0.2, 0.25) is 7.34 Å². The molecule has 0 aromatic carbocycles. The molecule has 0 spiro atoms. The summed E-state index contributed by atoms with van der Waals surface area (Å²) in [5, 5.41) is 16.5. The lowest BCUT2D eigenvalue weighted by molar-refractivity contribution is -0.144. The average Bonchev–Trinajstić information content (AvgIpc) is 3.61. The van der Waals surface area contributed by atoms with Crippen molar-refractivity contribution in [2.24, 2.45) is 17.8 Å². The number of rotatable bonds is 23. The Morgan fingerprint density at radius 1 is 1.17 bits per heavy atom. The molecule has 1 saturated heterocycles. The number of aliphatic hydroxyl groups excluding tert-OH is 1. The number of hydrogen-bond acceptors (Lipinski definition) is 11. The van der Waals surface area contributed by atoms with Crippen molar-refractivity contribution in [2.75, 3.05) is 26.4 Å². The summed E-state index contributed by atoms with van der Waals surface area (Å²) in [6.07, 6.45) is 11.0. The van der Waals surface area contributed by atoms with Gasteiger partial charge in [0.15, 0.2) is 0 Å². The number of ether oxygens (including phenoxy) is 2. The topological polar surface area (TPSA) is 185 Å². The second-order valence-electron chi connectivity index (χ2n) is 14.7. The number of amides is 1. The lowest BCUT2D eigenvalue weighted by Gasteiger charge is -2.37. The summed E-state index contributed by atoms with van der Waals surface area (Å²) >= 11 is 0. The molecule has 7 atom stereocenters. The number of H-pyrrole nitrogens is 1. The molecule has 15 heteroatoms. The van der Waals surface area contributed by atoms with Crippen LogP contribution in [0.25, 0.3) is 6.08 Å². The third-order valence-corrected chi connectivity index (χ3v) is 12.2. The monoisotopic (exact) mass is 772 g/mol. The van der Waals surface area contributed by atoms with Crippen LogP contribution in [0.4, 0.5) is 0 Å². The van der Waals surface area contributed by atoms with Gasteiger partial charge < -0.3 is 28.9 Å². The number of carbonyl (C=O) groups excluding carboxylic acids is 2. The summed E-state index contributed by atoms with van der Waals surface area (Å²) in [6, 6.07) is 2.20. The van der Waals surface area contributed by atoms with Crippen molar-refractivity contribution in [2.45, 2.75) is 135 Å². The number of carbonyl (C=O) groups is 2. The maximum absolute atomic E-state index is 12.9. The van der Waals surface area contributed by atoms with E-state index in [1.807, 2.05) is 27.7 Å². The summed E-state index contributed by atoms with van der Waals surface area (Å²) in [4.78, 5) is 52.6. The molecular weight excluding hydrogens is 713 g/mol. The molecule has 14 nitrogen and oxygen atoms in total. The van der Waals surface area contributed by atoms with Crippen LogP contribution in [0.2, 0.25) is 0 Å². The van der Waals surface area contributed by atoms with Gasteiger partial charge in [-0.05, 0) is 77.2 Å². The van der Waals surface area contributed by atoms with Crippen molar-refractivity contribution < 1.29 is 33.2 Å². The fourth-order valence-electron chi connectivity index (χ4n) is 7.28. The first-order chi connectivity index (χ1) is 26.5.